The van der Waals surface area contributed by atoms with Gasteiger partial charge in [0.2, 0.25) is 9.76 Å². The SMILES string of the molecule is CC(C)O[Si]CC(C)C(=O)O[Si](C1CCCCC1)(C(C)(C)C)C(C)(C)C. The average Bonchev–Trinajstić information content (AvgIpc) is 2.50. The van der Waals surface area contributed by atoms with Gasteiger partial charge in [0, 0.05) is 6.10 Å². The van der Waals surface area contributed by atoms with Crippen LogP contribution in [-0.4, -0.2) is 30.2 Å². The molecule has 1 atom stereocenters. The van der Waals surface area contributed by atoms with Crippen LogP contribution in [-0.2, 0) is 13.6 Å². The molecule has 2 radical (unpaired) electrons. The van der Waals surface area contributed by atoms with Crippen LogP contribution < -0.4 is 0 Å². The van der Waals surface area contributed by atoms with Gasteiger partial charge in [0.05, 0.1) is 5.92 Å². The Morgan fingerprint density at radius 3 is 1.92 bits per heavy atom. The third-order valence-electron chi connectivity index (χ3n) is 5.78. The van der Waals surface area contributed by atoms with Crippen molar-refractivity contribution in [3.8, 4) is 0 Å². The van der Waals surface area contributed by atoms with Gasteiger partial charge in [0.1, 0.15) is 0 Å². The van der Waals surface area contributed by atoms with Crippen molar-refractivity contribution in [2.24, 2.45) is 5.92 Å². The van der Waals surface area contributed by atoms with E-state index in [1.165, 1.54) is 32.1 Å². The maximum atomic E-state index is 13.1. The zero-order chi connectivity index (χ0) is 20.2. The summed E-state index contributed by atoms with van der Waals surface area (Å²) in [4.78, 5) is 13.1. The van der Waals surface area contributed by atoms with Crippen LogP contribution in [0.5, 0.6) is 0 Å². The van der Waals surface area contributed by atoms with Gasteiger partial charge < -0.3 is 8.85 Å². The summed E-state index contributed by atoms with van der Waals surface area (Å²) in [7, 11) is -2.01. The molecule has 0 amide bonds. The van der Waals surface area contributed by atoms with Crippen LogP contribution >= 0.6 is 0 Å². The number of carbonyl (C=O) groups excluding carboxylic acids is 1. The summed E-state index contributed by atoms with van der Waals surface area (Å²) < 4.78 is 12.3. The zero-order valence-electron chi connectivity index (χ0n) is 18.7. The molecule has 0 heterocycles. The highest BCUT2D eigenvalue weighted by Gasteiger charge is 2.62. The van der Waals surface area contributed by atoms with Gasteiger partial charge in [-0.05, 0) is 48.4 Å². The Hall–Kier alpha value is -0.136. The van der Waals surface area contributed by atoms with E-state index in [9.17, 15) is 4.79 Å². The van der Waals surface area contributed by atoms with E-state index in [1.807, 2.05) is 20.8 Å². The molecule has 0 aromatic rings. The fraction of sp³-hybridized carbons (Fsp3) is 0.952. The third kappa shape index (κ3) is 5.68. The van der Waals surface area contributed by atoms with Gasteiger partial charge in [-0.15, -0.1) is 0 Å². The van der Waals surface area contributed by atoms with Crippen LogP contribution in [0, 0.1) is 5.92 Å². The van der Waals surface area contributed by atoms with E-state index in [2.05, 4.69) is 41.5 Å². The zero-order valence-corrected chi connectivity index (χ0v) is 20.7. The van der Waals surface area contributed by atoms with E-state index in [-0.39, 0.29) is 28.1 Å². The van der Waals surface area contributed by atoms with Crippen LogP contribution in [0.4, 0.5) is 0 Å². The monoisotopic (exact) mass is 398 g/mol. The lowest BCUT2D eigenvalue weighted by Gasteiger charge is -2.55. The van der Waals surface area contributed by atoms with Crippen molar-refractivity contribution in [1.29, 1.82) is 0 Å². The average molecular weight is 399 g/mol. The molecule has 1 aliphatic carbocycles. The molecule has 0 aromatic carbocycles. The van der Waals surface area contributed by atoms with E-state index in [4.69, 9.17) is 8.85 Å². The molecule has 1 rings (SSSR count). The second-order valence-corrected chi connectivity index (χ2v) is 16.8. The first-order chi connectivity index (χ1) is 11.8. The maximum absolute atomic E-state index is 13.1. The van der Waals surface area contributed by atoms with E-state index in [1.54, 1.807) is 0 Å². The predicted octanol–water partition coefficient (Wildman–Crippen LogP) is 6.51. The van der Waals surface area contributed by atoms with Gasteiger partial charge >= 0.3 is 0 Å². The summed E-state index contributed by atoms with van der Waals surface area (Å²) in [6.45, 7) is 19.9. The Labute approximate surface area is 166 Å². The first kappa shape index (κ1) is 23.9. The van der Waals surface area contributed by atoms with Crippen molar-refractivity contribution in [3.63, 3.8) is 0 Å². The lowest BCUT2D eigenvalue weighted by atomic mass is 10.00. The molecule has 152 valence electrons. The van der Waals surface area contributed by atoms with Crippen LogP contribution in [0.2, 0.25) is 21.7 Å². The smallest absolute Gasteiger partial charge is 0.295 e. The van der Waals surface area contributed by atoms with Gasteiger partial charge in [0.15, 0.2) is 0 Å². The van der Waals surface area contributed by atoms with Crippen molar-refractivity contribution in [2.75, 3.05) is 0 Å². The van der Waals surface area contributed by atoms with Crippen LogP contribution in [0.3, 0.4) is 0 Å². The van der Waals surface area contributed by atoms with Crippen molar-refractivity contribution in [1.82, 2.24) is 0 Å². The Kier molecular flexibility index (Phi) is 8.62. The second kappa shape index (κ2) is 9.37. The highest BCUT2D eigenvalue weighted by molar-refractivity contribution is 6.82. The Balaban J connectivity index is 3.06. The first-order valence-corrected chi connectivity index (χ1v) is 13.5. The van der Waals surface area contributed by atoms with Crippen LogP contribution in [0.1, 0.15) is 94.4 Å². The number of hydrogen-bond acceptors (Lipinski definition) is 3. The Morgan fingerprint density at radius 1 is 1.00 bits per heavy atom. The van der Waals surface area contributed by atoms with E-state index in [0.29, 0.717) is 15.3 Å². The number of rotatable bonds is 7. The molecule has 0 aromatic heterocycles. The summed E-state index contributed by atoms with van der Waals surface area (Å²) in [6, 6.07) is 0.764. The molecule has 0 N–H and O–H groups in total. The standard InChI is InChI=1S/C21H42O3Si2/c1-16(2)23-25-15-17(3)19(22)24-26(20(4,5)6,21(7,8)9)18-13-11-10-12-14-18/h16-18H,10-15H2,1-9H3. The molecule has 26 heavy (non-hydrogen) atoms. The molecule has 5 heteroatoms. The Morgan fingerprint density at radius 2 is 1.50 bits per heavy atom. The largest absolute Gasteiger partial charge is 0.517 e. The summed E-state index contributed by atoms with van der Waals surface area (Å²) in [5.74, 6) is -0.0841. The van der Waals surface area contributed by atoms with Crippen LogP contribution in [0.25, 0.3) is 0 Å². The fourth-order valence-corrected chi connectivity index (χ4v) is 13.0. The summed E-state index contributed by atoms with van der Waals surface area (Å²) in [5.41, 5.74) is 0.571. The maximum Gasteiger partial charge on any atom is 0.295 e. The van der Waals surface area contributed by atoms with Crippen molar-refractivity contribution >= 4 is 24.0 Å². The van der Waals surface area contributed by atoms with Crippen molar-refractivity contribution in [2.45, 2.75) is 122 Å². The normalized spacial score (nSPS) is 18.8. The van der Waals surface area contributed by atoms with Crippen molar-refractivity contribution in [3.05, 3.63) is 0 Å². The van der Waals surface area contributed by atoms with E-state index in [0.717, 1.165) is 6.04 Å². The molecule has 1 saturated carbocycles. The summed E-state index contributed by atoms with van der Waals surface area (Å²) >= 11 is 0. The first-order valence-electron chi connectivity index (χ1n) is 10.4. The fourth-order valence-electron chi connectivity index (χ4n) is 4.93. The number of carbonyl (C=O) groups is 1. The van der Waals surface area contributed by atoms with Gasteiger partial charge in [-0.3, -0.25) is 4.79 Å². The third-order valence-corrected chi connectivity index (χ3v) is 13.9. The summed E-state index contributed by atoms with van der Waals surface area (Å²) in [5, 5.41) is 0.0543. The minimum atomic E-state index is -2.37. The molecule has 0 saturated heterocycles. The minimum absolute atomic E-state index is 0.00643. The molecule has 1 aliphatic rings. The molecule has 0 spiro atoms. The summed E-state index contributed by atoms with van der Waals surface area (Å²) in [6.07, 6.45) is 6.55. The lowest BCUT2D eigenvalue weighted by Crippen LogP contribution is -2.60. The predicted molar refractivity (Wildman–Crippen MR) is 114 cm³/mol. The minimum Gasteiger partial charge on any atom is -0.517 e. The highest BCUT2D eigenvalue weighted by atomic mass is 28.4. The van der Waals surface area contributed by atoms with Crippen molar-refractivity contribution < 1.29 is 13.6 Å². The molecule has 0 aliphatic heterocycles. The molecule has 3 nitrogen and oxygen atoms in total. The molecule has 1 fully saturated rings. The van der Waals surface area contributed by atoms with Gasteiger partial charge in [0.25, 0.3) is 14.3 Å². The topological polar surface area (TPSA) is 35.5 Å². The Bertz CT molecular complexity index is 429. The van der Waals surface area contributed by atoms with E-state index < -0.39 is 8.32 Å². The van der Waals surface area contributed by atoms with Gasteiger partial charge in [-0.1, -0.05) is 67.7 Å². The highest BCUT2D eigenvalue weighted by Crippen LogP contribution is 2.60. The van der Waals surface area contributed by atoms with Crippen LogP contribution in [0.15, 0.2) is 0 Å². The van der Waals surface area contributed by atoms with Gasteiger partial charge in [-0.2, -0.15) is 0 Å². The quantitative estimate of drug-likeness (QED) is 0.459. The molecule has 0 bridgehead atoms. The number of hydrogen-bond donors (Lipinski definition) is 0. The molecule has 1 unspecified atom stereocenters. The molecular weight excluding hydrogens is 356 g/mol. The lowest BCUT2D eigenvalue weighted by molar-refractivity contribution is -0.139. The second-order valence-electron chi connectivity index (χ2n) is 10.4. The molecular formula is C21H42O3Si2. The van der Waals surface area contributed by atoms with Gasteiger partial charge in [-0.25, -0.2) is 0 Å². The van der Waals surface area contributed by atoms with E-state index >= 15 is 0 Å².